The van der Waals surface area contributed by atoms with Gasteiger partial charge in [-0.15, -0.1) is 0 Å². The minimum atomic E-state index is 0.586. The molecule has 0 saturated carbocycles. The van der Waals surface area contributed by atoms with E-state index in [9.17, 15) is 0 Å². The zero-order valence-corrected chi connectivity index (χ0v) is 33.9. The van der Waals surface area contributed by atoms with Crippen LogP contribution >= 0.6 is 0 Å². The van der Waals surface area contributed by atoms with Gasteiger partial charge in [-0.3, -0.25) is 0 Å². The molecule has 3 heterocycles. The molecular formula is C57H35N5O. The normalized spacial score (nSPS) is 11.5. The van der Waals surface area contributed by atoms with E-state index in [4.69, 9.17) is 29.3 Å². The second kappa shape index (κ2) is 15.1. The van der Waals surface area contributed by atoms with Gasteiger partial charge in [0.1, 0.15) is 11.2 Å². The van der Waals surface area contributed by atoms with Crippen molar-refractivity contribution in [2.45, 2.75) is 0 Å². The molecule has 294 valence electrons. The first-order chi connectivity index (χ1) is 31.2. The Morgan fingerprint density at radius 3 is 1.44 bits per heavy atom. The molecule has 0 aliphatic heterocycles. The van der Waals surface area contributed by atoms with Crippen LogP contribution in [0.3, 0.4) is 0 Å². The lowest BCUT2D eigenvalue weighted by Gasteiger charge is -2.12. The van der Waals surface area contributed by atoms with Gasteiger partial charge < -0.3 is 4.42 Å². The Hall–Kier alpha value is -8.61. The Morgan fingerprint density at radius 1 is 0.254 bits per heavy atom. The van der Waals surface area contributed by atoms with Gasteiger partial charge in [0.25, 0.3) is 0 Å². The van der Waals surface area contributed by atoms with Gasteiger partial charge in [-0.1, -0.05) is 164 Å². The molecule has 63 heavy (non-hydrogen) atoms. The van der Waals surface area contributed by atoms with Crippen molar-refractivity contribution in [1.29, 1.82) is 0 Å². The molecule has 6 nitrogen and oxygen atoms in total. The van der Waals surface area contributed by atoms with Crippen molar-refractivity contribution in [3.63, 3.8) is 0 Å². The summed E-state index contributed by atoms with van der Waals surface area (Å²) in [5.74, 6) is 2.45. The summed E-state index contributed by atoms with van der Waals surface area (Å²) in [5.41, 5.74) is 11.1. The fourth-order valence-electron chi connectivity index (χ4n) is 8.54. The van der Waals surface area contributed by atoms with Crippen LogP contribution in [0.5, 0.6) is 0 Å². The van der Waals surface area contributed by atoms with Gasteiger partial charge in [0, 0.05) is 44.2 Å². The van der Waals surface area contributed by atoms with Crippen LogP contribution < -0.4 is 0 Å². The summed E-state index contributed by atoms with van der Waals surface area (Å²) in [6.45, 7) is 0. The van der Waals surface area contributed by atoms with Crippen molar-refractivity contribution in [3.05, 3.63) is 212 Å². The second-order valence-corrected chi connectivity index (χ2v) is 15.7. The zero-order chi connectivity index (χ0) is 41.7. The first-order valence-corrected chi connectivity index (χ1v) is 21.0. The highest BCUT2D eigenvalue weighted by molar-refractivity contribution is 6.19. The van der Waals surface area contributed by atoms with E-state index in [2.05, 4.69) is 146 Å². The SMILES string of the molecule is c1ccc(-c2nc(-c3cccc(-c4cccc(-c5nc(-c6ccccc6)nc(-c6ccc7oc8ccc9ccccc9c8c7c6)n5)c4)c3)cc(-c3ccc4ccccc4c3)n2)cc1. The van der Waals surface area contributed by atoms with Gasteiger partial charge in [-0.25, -0.2) is 24.9 Å². The largest absolute Gasteiger partial charge is 0.456 e. The van der Waals surface area contributed by atoms with Crippen LogP contribution in [-0.2, 0) is 0 Å². The zero-order valence-electron chi connectivity index (χ0n) is 33.9. The van der Waals surface area contributed by atoms with Crippen molar-refractivity contribution in [2.24, 2.45) is 0 Å². The molecule has 0 fully saturated rings. The van der Waals surface area contributed by atoms with Crippen LogP contribution in [0.2, 0.25) is 0 Å². The van der Waals surface area contributed by atoms with Crippen LogP contribution in [0.1, 0.15) is 0 Å². The predicted octanol–water partition coefficient (Wildman–Crippen LogP) is 14.5. The number of rotatable bonds is 7. The van der Waals surface area contributed by atoms with E-state index in [1.807, 2.05) is 66.7 Å². The molecule has 0 atom stereocenters. The number of hydrogen-bond donors (Lipinski definition) is 0. The third-order valence-electron chi connectivity index (χ3n) is 11.7. The molecule has 3 aromatic heterocycles. The summed E-state index contributed by atoms with van der Waals surface area (Å²) in [5, 5.41) is 6.78. The Balaban J connectivity index is 0.957. The number of nitrogens with zero attached hydrogens (tertiary/aromatic N) is 5. The van der Waals surface area contributed by atoms with Gasteiger partial charge in [0.05, 0.1) is 11.4 Å². The van der Waals surface area contributed by atoms with Gasteiger partial charge in [0.2, 0.25) is 0 Å². The second-order valence-electron chi connectivity index (χ2n) is 15.7. The van der Waals surface area contributed by atoms with Crippen molar-refractivity contribution in [2.75, 3.05) is 0 Å². The standard InChI is InChI=1S/C57H35N5O/c1-3-15-38(16-4-1)54-58-49(35-50(59-54)44-26-25-36-13-7-8-19-40(36)31-44)43-22-11-20-41(32-43)42-21-12-23-45(33-42)56-60-55(39-17-5-2-6-18-39)61-57(62-56)46-28-29-51-48(34-46)53-47-24-10-9-14-37(47)27-30-52(53)63-51/h1-35H. The van der Waals surface area contributed by atoms with Crippen LogP contribution in [0.25, 0.3) is 123 Å². The molecule has 12 rings (SSSR count). The maximum Gasteiger partial charge on any atom is 0.164 e. The number of hydrogen-bond acceptors (Lipinski definition) is 6. The molecule has 0 amide bonds. The average Bonchev–Trinajstić information content (AvgIpc) is 3.75. The molecule has 6 heteroatoms. The molecule has 0 radical (unpaired) electrons. The molecule has 0 saturated heterocycles. The number of fused-ring (bicyclic) bond motifs is 6. The van der Waals surface area contributed by atoms with Crippen molar-refractivity contribution < 1.29 is 4.42 Å². The fourth-order valence-corrected chi connectivity index (χ4v) is 8.54. The van der Waals surface area contributed by atoms with Crippen LogP contribution in [0, 0.1) is 0 Å². The van der Waals surface area contributed by atoms with Crippen molar-refractivity contribution in [3.8, 4) is 79.2 Å². The maximum absolute atomic E-state index is 6.34. The number of furan rings is 1. The van der Waals surface area contributed by atoms with Gasteiger partial charge in [0.15, 0.2) is 23.3 Å². The third kappa shape index (κ3) is 6.76. The molecule has 12 aromatic rings. The molecule has 0 unspecified atom stereocenters. The van der Waals surface area contributed by atoms with Crippen LogP contribution in [0.4, 0.5) is 0 Å². The van der Waals surface area contributed by atoms with E-state index >= 15 is 0 Å². The highest BCUT2D eigenvalue weighted by Crippen LogP contribution is 2.38. The highest BCUT2D eigenvalue weighted by atomic mass is 16.3. The van der Waals surface area contributed by atoms with Gasteiger partial charge in [-0.2, -0.15) is 0 Å². The summed E-state index contributed by atoms with van der Waals surface area (Å²) >= 11 is 0. The molecular weight excluding hydrogens is 771 g/mol. The minimum Gasteiger partial charge on any atom is -0.456 e. The molecule has 0 bridgehead atoms. The van der Waals surface area contributed by atoms with Crippen LogP contribution in [-0.4, -0.2) is 24.9 Å². The van der Waals surface area contributed by atoms with E-state index in [0.29, 0.717) is 23.3 Å². The lowest BCUT2D eigenvalue weighted by atomic mass is 9.98. The lowest BCUT2D eigenvalue weighted by molar-refractivity contribution is 0.669. The average molecular weight is 806 g/mol. The maximum atomic E-state index is 6.34. The summed E-state index contributed by atoms with van der Waals surface area (Å²) in [7, 11) is 0. The predicted molar refractivity (Wildman–Crippen MR) is 256 cm³/mol. The lowest BCUT2D eigenvalue weighted by Crippen LogP contribution is -2.00. The Morgan fingerprint density at radius 2 is 0.730 bits per heavy atom. The van der Waals surface area contributed by atoms with E-state index in [1.54, 1.807) is 0 Å². The number of benzene rings is 9. The van der Waals surface area contributed by atoms with E-state index in [1.165, 1.54) is 10.8 Å². The Bertz CT molecular complexity index is 3690. The molecule has 0 spiro atoms. The van der Waals surface area contributed by atoms with E-state index in [0.717, 1.165) is 88.6 Å². The monoisotopic (exact) mass is 805 g/mol. The topological polar surface area (TPSA) is 77.6 Å². The van der Waals surface area contributed by atoms with Gasteiger partial charge in [-0.05, 0) is 81.2 Å². The van der Waals surface area contributed by atoms with E-state index in [-0.39, 0.29) is 0 Å². The summed E-state index contributed by atoms with van der Waals surface area (Å²) in [4.78, 5) is 25.5. The third-order valence-corrected chi connectivity index (χ3v) is 11.7. The van der Waals surface area contributed by atoms with Crippen molar-refractivity contribution >= 4 is 43.5 Å². The minimum absolute atomic E-state index is 0.586. The Kier molecular flexibility index (Phi) is 8.71. The summed E-state index contributed by atoms with van der Waals surface area (Å²) < 4.78 is 6.34. The first-order valence-electron chi connectivity index (χ1n) is 21.0. The summed E-state index contributed by atoms with van der Waals surface area (Å²) in [6.07, 6.45) is 0. The van der Waals surface area contributed by atoms with E-state index < -0.39 is 0 Å². The molecule has 0 aliphatic carbocycles. The number of aromatic nitrogens is 5. The Labute approximate surface area is 362 Å². The fraction of sp³-hybridized carbons (Fsp3) is 0. The van der Waals surface area contributed by atoms with Crippen molar-refractivity contribution in [1.82, 2.24) is 24.9 Å². The van der Waals surface area contributed by atoms with Gasteiger partial charge >= 0.3 is 0 Å². The molecule has 9 aromatic carbocycles. The smallest absolute Gasteiger partial charge is 0.164 e. The first kappa shape index (κ1) is 36.3. The quantitative estimate of drug-likeness (QED) is 0.160. The molecule has 0 N–H and O–H groups in total. The summed E-state index contributed by atoms with van der Waals surface area (Å²) in [6, 6.07) is 72.9. The highest BCUT2D eigenvalue weighted by Gasteiger charge is 2.17. The molecule has 0 aliphatic rings. The van der Waals surface area contributed by atoms with Crippen LogP contribution in [0.15, 0.2) is 217 Å².